The molecule has 1 unspecified atom stereocenters. The number of hydrogen-bond donors (Lipinski definition) is 0. The first-order chi connectivity index (χ1) is 8.30. The van der Waals surface area contributed by atoms with Gasteiger partial charge in [-0.05, 0) is 54.5 Å². The summed E-state index contributed by atoms with van der Waals surface area (Å²) in [5, 5.41) is 4.86. The number of nitrogens with zero attached hydrogens (tertiary/aromatic N) is 2. The van der Waals surface area contributed by atoms with Crippen molar-refractivity contribution in [3.05, 3.63) is 15.9 Å². The van der Waals surface area contributed by atoms with Gasteiger partial charge in [-0.15, -0.1) is 11.6 Å². The van der Waals surface area contributed by atoms with Crippen LogP contribution in [0.3, 0.4) is 0 Å². The fourth-order valence-corrected chi connectivity index (χ4v) is 3.60. The molecule has 0 fully saturated rings. The van der Waals surface area contributed by atoms with Crippen LogP contribution in [0, 0.1) is 5.41 Å². The second-order valence-electron chi connectivity index (χ2n) is 5.70. The van der Waals surface area contributed by atoms with Gasteiger partial charge in [-0.25, -0.2) is 0 Å². The molecule has 0 bridgehead atoms. The first kappa shape index (κ1) is 16.0. The Morgan fingerprint density at radius 1 is 1.39 bits per heavy atom. The highest BCUT2D eigenvalue weighted by Crippen LogP contribution is 2.33. The number of hydrogen-bond acceptors (Lipinski definition) is 1. The third-order valence-corrected chi connectivity index (χ3v) is 4.24. The number of rotatable bonds is 6. The molecule has 0 N–H and O–H groups in total. The minimum Gasteiger partial charge on any atom is -0.268 e. The van der Waals surface area contributed by atoms with Gasteiger partial charge in [0.1, 0.15) is 0 Å². The zero-order valence-corrected chi connectivity index (χ0v) is 14.4. The summed E-state index contributed by atoms with van der Waals surface area (Å²) < 4.78 is 3.30. The lowest BCUT2D eigenvalue weighted by atomic mass is 9.83. The molecule has 18 heavy (non-hydrogen) atoms. The monoisotopic (exact) mass is 334 g/mol. The van der Waals surface area contributed by atoms with Crippen molar-refractivity contribution >= 4 is 27.5 Å². The first-order valence-corrected chi connectivity index (χ1v) is 7.91. The maximum atomic E-state index is 6.14. The molecule has 0 aliphatic heterocycles. The van der Waals surface area contributed by atoms with Crippen LogP contribution in [0.2, 0.25) is 0 Å². The second-order valence-corrected chi connectivity index (χ2v) is 7.24. The number of aromatic nitrogens is 2. The smallest absolute Gasteiger partial charge is 0.0766 e. The van der Waals surface area contributed by atoms with E-state index in [1.165, 1.54) is 10.2 Å². The molecule has 1 rings (SSSR count). The standard InChI is InChI=1S/C14H24BrClN2/c1-6-11-13(15)12(18(7-2)17-11)9-14(4,5)8-10(3)16/h10H,6-9H2,1-5H3. The second kappa shape index (κ2) is 6.42. The SMILES string of the molecule is CCc1nn(CC)c(CC(C)(C)CC(C)Cl)c1Br. The van der Waals surface area contributed by atoms with E-state index in [-0.39, 0.29) is 10.8 Å². The van der Waals surface area contributed by atoms with Crippen molar-refractivity contribution in [3.63, 3.8) is 0 Å². The highest BCUT2D eigenvalue weighted by Gasteiger charge is 2.25. The Bertz CT molecular complexity index is 397. The van der Waals surface area contributed by atoms with Crippen molar-refractivity contribution in [3.8, 4) is 0 Å². The van der Waals surface area contributed by atoms with Gasteiger partial charge in [-0.3, -0.25) is 4.68 Å². The Kier molecular flexibility index (Phi) is 5.72. The van der Waals surface area contributed by atoms with E-state index >= 15 is 0 Å². The van der Waals surface area contributed by atoms with E-state index in [4.69, 9.17) is 11.6 Å². The zero-order chi connectivity index (χ0) is 13.9. The van der Waals surface area contributed by atoms with Crippen LogP contribution >= 0.6 is 27.5 Å². The Morgan fingerprint density at radius 2 is 2.00 bits per heavy atom. The molecule has 0 spiro atoms. The van der Waals surface area contributed by atoms with Crippen LogP contribution < -0.4 is 0 Å². The molecule has 0 amide bonds. The molecular weight excluding hydrogens is 312 g/mol. The van der Waals surface area contributed by atoms with Gasteiger partial charge in [0.15, 0.2) is 0 Å². The van der Waals surface area contributed by atoms with E-state index in [0.717, 1.165) is 31.5 Å². The highest BCUT2D eigenvalue weighted by atomic mass is 79.9. The van der Waals surface area contributed by atoms with Crippen molar-refractivity contribution in [2.45, 2.75) is 65.8 Å². The lowest BCUT2D eigenvalue weighted by molar-refractivity contribution is 0.321. The van der Waals surface area contributed by atoms with Crippen molar-refractivity contribution in [1.82, 2.24) is 9.78 Å². The molecule has 104 valence electrons. The molecule has 1 aromatic heterocycles. The molecule has 1 aromatic rings. The molecule has 0 aliphatic carbocycles. The number of aryl methyl sites for hydroxylation is 2. The molecule has 2 nitrogen and oxygen atoms in total. The Morgan fingerprint density at radius 3 is 2.44 bits per heavy atom. The average Bonchev–Trinajstić information content (AvgIpc) is 2.53. The van der Waals surface area contributed by atoms with E-state index in [0.29, 0.717) is 0 Å². The summed E-state index contributed by atoms with van der Waals surface area (Å²) in [6.07, 6.45) is 2.98. The molecule has 0 aliphatic rings. The minimum absolute atomic E-state index is 0.196. The van der Waals surface area contributed by atoms with Gasteiger partial charge in [0.2, 0.25) is 0 Å². The first-order valence-electron chi connectivity index (χ1n) is 6.68. The van der Waals surface area contributed by atoms with E-state index in [9.17, 15) is 0 Å². The van der Waals surface area contributed by atoms with Crippen molar-refractivity contribution in [2.24, 2.45) is 5.41 Å². The lowest BCUT2D eigenvalue weighted by Crippen LogP contribution is -2.21. The highest BCUT2D eigenvalue weighted by molar-refractivity contribution is 9.10. The Hall–Kier alpha value is -0.0200. The largest absolute Gasteiger partial charge is 0.268 e. The average molecular weight is 336 g/mol. The number of alkyl halides is 1. The molecule has 1 atom stereocenters. The van der Waals surface area contributed by atoms with Gasteiger partial charge in [-0.2, -0.15) is 5.10 Å². The third kappa shape index (κ3) is 3.99. The summed E-state index contributed by atoms with van der Waals surface area (Å²) in [5.74, 6) is 0. The van der Waals surface area contributed by atoms with Gasteiger partial charge >= 0.3 is 0 Å². The van der Waals surface area contributed by atoms with Crippen LogP contribution in [0.1, 0.15) is 52.4 Å². The van der Waals surface area contributed by atoms with E-state index < -0.39 is 0 Å². The minimum atomic E-state index is 0.196. The predicted molar refractivity (Wildman–Crippen MR) is 82.4 cm³/mol. The third-order valence-electron chi connectivity index (χ3n) is 3.17. The van der Waals surface area contributed by atoms with Crippen LogP contribution in [-0.4, -0.2) is 15.2 Å². The van der Waals surface area contributed by atoms with Crippen LogP contribution in [0.25, 0.3) is 0 Å². The maximum Gasteiger partial charge on any atom is 0.0766 e. The molecule has 0 saturated heterocycles. The Balaban J connectivity index is 2.99. The van der Waals surface area contributed by atoms with Gasteiger partial charge in [-0.1, -0.05) is 20.8 Å². The van der Waals surface area contributed by atoms with Gasteiger partial charge in [0.05, 0.1) is 15.9 Å². The summed E-state index contributed by atoms with van der Waals surface area (Å²) >= 11 is 9.85. The normalized spacial score (nSPS) is 13.9. The molecule has 4 heteroatoms. The summed E-state index contributed by atoms with van der Waals surface area (Å²) in [6, 6.07) is 0. The van der Waals surface area contributed by atoms with Crippen LogP contribution in [0.5, 0.6) is 0 Å². The van der Waals surface area contributed by atoms with Crippen LogP contribution in [0.15, 0.2) is 4.47 Å². The van der Waals surface area contributed by atoms with E-state index in [1.807, 2.05) is 0 Å². The Labute approximate surface area is 124 Å². The fourth-order valence-electron chi connectivity index (χ4n) is 2.47. The summed E-state index contributed by atoms with van der Waals surface area (Å²) in [7, 11) is 0. The van der Waals surface area contributed by atoms with Crippen LogP contribution in [-0.2, 0) is 19.4 Å². The quantitative estimate of drug-likeness (QED) is 0.682. The van der Waals surface area contributed by atoms with Crippen LogP contribution in [0.4, 0.5) is 0 Å². The van der Waals surface area contributed by atoms with Gasteiger partial charge in [0, 0.05) is 11.9 Å². The molecule has 1 heterocycles. The fraction of sp³-hybridized carbons (Fsp3) is 0.786. The molecular formula is C14H24BrClN2. The van der Waals surface area contributed by atoms with E-state index in [2.05, 4.69) is 60.3 Å². The lowest BCUT2D eigenvalue weighted by Gasteiger charge is -2.26. The maximum absolute atomic E-state index is 6.14. The van der Waals surface area contributed by atoms with Gasteiger partial charge < -0.3 is 0 Å². The summed E-state index contributed by atoms with van der Waals surface area (Å²) in [6.45, 7) is 11.8. The molecule has 0 aromatic carbocycles. The molecule has 0 radical (unpaired) electrons. The van der Waals surface area contributed by atoms with Crippen molar-refractivity contribution < 1.29 is 0 Å². The molecule has 0 saturated carbocycles. The van der Waals surface area contributed by atoms with Crippen molar-refractivity contribution in [1.29, 1.82) is 0 Å². The summed E-state index contributed by atoms with van der Waals surface area (Å²) in [5.41, 5.74) is 2.65. The number of halogens is 2. The zero-order valence-electron chi connectivity index (χ0n) is 12.1. The van der Waals surface area contributed by atoms with E-state index in [1.54, 1.807) is 0 Å². The topological polar surface area (TPSA) is 17.8 Å². The van der Waals surface area contributed by atoms with Gasteiger partial charge in [0.25, 0.3) is 0 Å². The summed E-state index contributed by atoms with van der Waals surface area (Å²) in [4.78, 5) is 0. The van der Waals surface area contributed by atoms with Crippen molar-refractivity contribution in [2.75, 3.05) is 0 Å². The predicted octanol–water partition coefficient (Wildman–Crippen LogP) is 4.81.